The van der Waals surface area contributed by atoms with Crippen molar-refractivity contribution >= 4 is 26.0 Å². The molecule has 0 amide bonds. The molecule has 20 heavy (non-hydrogen) atoms. The SMILES string of the molecule is Cc1c(Br)cc(CN)cc1S(=O)(=O)N(C)CC(F)(F)F. The topological polar surface area (TPSA) is 63.4 Å². The van der Waals surface area contributed by atoms with Gasteiger partial charge in [0.25, 0.3) is 0 Å². The normalized spacial score (nSPS) is 13.0. The zero-order valence-electron chi connectivity index (χ0n) is 10.8. The third-order valence-electron chi connectivity index (χ3n) is 2.68. The lowest BCUT2D eigenvalue weighted by molar-refractivity contribution is -0.134. The van der Waals surface area contributed by atoms with Gasteiger partial charge >= 0.3 is 6.18 Å². The average molecular weight is 375 g/mol. The lowest BCUT2D eigenvalue weighted by Gasteiger charge is -2.20. The Kier molecular flexibility index (Phi) is 5.23. The third kappa shape index (κ3) is 3.94. The maximum Gasteiger partial charge on any atom is 0.402 e. The molecule has 0 spiro atoms. The van der Waals surface area contributed by atoms with Gasteiger partial charge in [0.2, 0.25) is 10.0 Å². The van der Waals surface area contributed by atoms with Gasteiger partial charge in [0, 0.05) is 18.1 Å². The van der Waals surface area contributed by atoms with Gasteiger partial charge in [0.15, 0.2) is 0 Å². The fraction of sp³-hybridized carbons (Fsp3) is 0.455. The van der Waals surface area contributed by atoms with Gasteiger partial charge in [0.1, 0.15) is 6.54 Å². The van der Waals surface area contributed by atoms with Crippen LogP contribution in [0, 0.1) is 6.92 Å². The first-order chi connectivity index (χ1) is 8.99. The monoisotopic (exact) mass is 374 g/mol. The van der Waals surface area contributed by atoms with E-state index >= 15 is 0 Å². The van der Waals surface area contributed by atoms with E-state index in [0.717, 1.165) is 7.05 Å². The molecule has 0 radical (unpaired) electrons. The van der Waals surface area contributed by atoms with Crippen LogP contribution in [0.25, 0.3) is 0 Å². The van der Waals surface area contributed by atoms with Gasteiger partial charge in [-0.05, 0) is 30.2 Å². The molecule has 2 N–H and O–H groups in total. The van der Waals surface area contributed by atoms with Crippen molar-refractivity contribution in [3.8, 4) is 0 Å². The van der Waals surface area contributed by atoms with Crippen LogP contribution in [-0.2, 0) is 16.6 Å². The molecule has 0 bridgehead atoms. The summed E-state index contributed by atoms with van der Waals surface area (Å²) in [5.41, 5.74) is 6.31. The summed E-state index contributed by atoms with van der Waals surface area (Å²) in [6.45, 7) is 0.0579. The van der Waals surface area contributed by atoms with Crippen LogP contribution in [0.1, 0.15) is 11.1 Å². The predicted octanol–water partition coefficient (Wildman–Crippen LogP) is 2.40. The van der Waals surface area contributed by atoms with Crippen LogP contribution in [0.2, 0.25) is 0 Å². The van der Waals surface area contributed by atoms with E-state index in [0.29, 0.717) is 15.6 Å². The van der Waals surface area contributed by atoms with Gasteiger partial charge < -0.3 is 5.73 Å². The fourth-order valence-electron chi connectivity index (χ4n) is 1.60. The summed E-state index contributed by atoms with van der Waals surface area (Å²) in [4.78, 5) is -0.181. The summed E-state index contributed by atoms with van der Waals surface area (Å²) in [5, 5.41) is 0. The van der Waals surface area contributed by atoms with Crippen molar-refractivity contribution in [2.24, 2.45) is 5.73 Å². The molecule has 9 heteroatoms. The second kappa shape index (κ2) is 6.00. The number of rotatable bonds is 4. The molecule has 0 heterocycles. The van der Waals surface area contributed by atoms with Gasteiger partial charge in [-0.2, -0.15) is 17.5 Å². The molecule has 114 valence electrons. The smallest absolute Gasteiger partial charge is 0.326 e. The first-order valence-electron chi connectivity index (χ1n) is 5.51. The minimum atomic E-state index is -4.60. The summed E-state index contributed by atoms with van der Waals surface area (Å²) in [7, 11) is -3.34. The number of nitrogens with zero attached hydrogens (tertiary/aromatic N) is 1. The van der Waals surface area contributed by atoms with Gasteiger partial charge in [0.05, 0.1) is 4.90 Å². The van der Waals surface area contributed by atoms with Crippen molar-refractivity contribution in [1.29, 1.82) is 0 Å². The van der Waals surface area contributed by atoms with Gasteiger partial charge in [-0.25, -0.2) is 8.42 Å². The molecule has 0 saturated heterocycles. The van der Waals surface area contributed by atoms with Crippen molar-refractivity contribution < 1.29 is 21.6 Å². The maximum atomic E-state index is 12.3. The highest BCUT2D eigenvalue weighted by Crippen LogP contribution is 2.29. The molecule has 4 nitrogen and oxygen atoms in total. The molecule has 0 atom stereocenters. The molecule has 1 rings (SSSR count). The summed E-state index contributed by atoms with van der Waals surface area (Å²) in [6.07, 6.45) is -4.60. The number of hydrogen-bond donors (Lipinski definition) is 1. The van der Waals surface area contributed by atoms with E-state index in [2.05, 4.69) is 15.9 Å². The van der Waals surface area contributed by atoms with E-state index in [1.165, 1.54) is 13.0 Å². The Morgan fingerprint density at radius 2 is 1.90 bits per heavy atom. The zero-order valence-corrected chi connectivity index (χ0v) is 13.2. The van der Waals surface area contributed by atoms with Crippen LogP contribution in [-0.4, -0.2) is 32.5 Å². The van der Waals surface area contributed by atoms with Crippen molar-refractivity contribution in [2.75, 3.05) is 13.6 Å². The number of sulfonamides is 1. The van der Waals surface area contributed by atoms with E-state index in [1.54, 1.807) is 6.07 Å². The minimum absolute atomic E-state index is 0.0877. The maximum absolute atomic E-state index is 12.3. The predicted molar refractivity (Wildman–Crippen MR) is 72.6 cm³/mol. The largest absolute Gasteiger partial charge is 0.402 e. The first-order valence-corrected chi connectivity index (χ1v) is 7.74. The van der Waals surface area contributed by atoms with Crippen molar-refractivity contribution in [3.05, 3.63) is 27.7 Å². The molecule has 0 unspecified atom stereocenters. The van der Waals surface area contributed by atoms with Gasteiger partial charge in [-0.1, -0.05) is 15.9 Å². The molecule has 0 aliphatic rings. The third-order valence-corrected chi connectivity index (χ3v) is 5.44. The van der Waals surface area contributed by atoms with Gasteiger partial charge in [-0.3, -0.25) is 0 Å². The van der Waals surface area contributed by atoms with Crippen molar-refractivity contribution in [3.63, 3.8) is 0 Å². The molecule has 0 aliphatic carbocycles. The summed E-state index contributed by atoms with van der Waals surface area (Å²) < 4.78 is 62.2. The molecular formula is C11H14BrF3N2O2S. The first kappa shape index (κ1) is 17.4. The van der Waals surface area contributed by atoms with Crippen LogP contribution in [0.15, 0.2) is 21.5 Å². The van der Waals surface area contributed by atoms with E-state index < -0.39 is 22.7 Å². The Bertz CT molecular complexity index is 602. The second-order valence-corrected chi connectivity index (χ2v) is 7.15. The molecule has 0 aliphatic heterocycles. The lowest BCUT2D eigenvalue weighted by Crippen LogP contribution is -2.36. The van der Waals surface area contributed by atoms with Crippen LogP contribution < -0.4 is 5.73 Å². The lowest BCUT2D eigenvalue weighted by atomic mass is 10.1. The molecule has 0 aromatic heterocycles. The summed E-state index contributed by atoms with van der Waals surface area (Å²) in [5.74, 6) is 0. The van der Waals surface area contributed by atoms with Crippen LogP contribution in [0.3, 0.4) is 0 Å². The van der Waals surface area contributed by atoms with Crippen LogP contribution >= 0.6 is 15.9 Å². The van der Waals surface area contributed by atoms with E-state index in [9.17, 15) is 21.6 Å². The van der Waals surface area contributed by atoms with Crippen LogP contribution in [0.4, 0.5) is 13.2 Å². The number of nitrogens with two attached hydrogens (primary N) is 1. The molecule has 0 saturated carbocycles. The number of hydrogen-bond acceptors (Lipinski definition) is 3. The molecule has 1 aromatic rings. The van der Waals surface area contributed by atoms with Crippen molar-refractivity contribution in [1.82, 2.24) is 4.31 Å². The standard InChI is InChI=1S/C11H14BrF3N2O2S/c1-7-9(12)3-8(5-16)4-10(7)20(18,19)17(2)6-11(13,14)15/h3-4H,5-6,16H2,1-2H3. The molecule has 1 aromatic carbocycles. The summed E-state index contributed by atoms with van der Waals surface area (Å²) >= 11 is 3.18. The molecule has 0 fully saturated rings. The van der Waals surface area contributed by atoms with E-state index in [4.69, 9.17) is 5.73 Å². The van der Waals surface area contributed by atoms with E-state index in [-0.39, 0.29) is 15.7 Å². The number of halogens is 4. The average Bonchev–Trinajstić information content (AvgIpc) is 2.29. The van der Waals surface area contributed by atoms with Gasteiger partial charge in [-0.15, -0.1) is 0 Å². The highest BCUT2D eigenvalue weighted by molar-refractivity contribution is 9.10. The Hall–Kier alpha value is -0.640. The van der Waals surface area contributed by atoms with Crippen molar-refractivity contribution in [2.45, 2.75) is 24.5 Å². The number of alkyl halides is 3. The zero-order chi connectivity index (χ0) is 15.7. The Morgan fingerprint density at radius 3 is 2.35 bits per heavy atom. The highest BCUT2D eigenvalue weighted by Gasteiger charge is 2.35. The summed E-state index contributed by atoms with van der Waals surface area (Å²) in [6, 6.07) is 2.93. The quantitative estimate of drug-likeness (QED) is 0.879. The fourth-order valence-corrected chi connectivity index (χ4v) is 3.69. The minimum Gasteiger partial charge on any atom is -0.326 e. The molecular weight excluding hydrogens is 361 g/mol. The van der Waals surface area contributed by atoms with Crippen LogP contribution in [0.5, 0.6) is 0 Å². The Balaban J connectivity index is 3.32. The van der Waals surface area contributed by atoms with E-state index in [1.807, 2.05) is 0 Å². The highest BCUT2D eigenvalue weighted by atomic mass is 79.9. The Labute approximate surface area is 123 Å². The Morgan fingerprint density at radius 1 is 1.35 bits per heavy atom. The second-order valence-electron chi connectivity index (χ2n) is 4.28. The number of benzene rings is 1.